The summed E-state index contributed by atoms with van der Waals surface area (Å²) in [5, 5.41) is 15.0. The van der Waals surface area contributed by atoms with E-state index in [1.54, 1.807) is 6.07 Å². The van der Waals surface area contributed by atoms with E-state index in [4.69, 9.17) is 8.83 Å². The van der Waals surface area contributed by atoms with Gasteiger partial charge < -0.3 is 8.83 Å². The Balaban J connectivity index is 1.56. The van der Waals surface area contributed by atoms with Crippen LogP contribution in [-0.2, 0) is 0 Å². The lowest BCUT2D eigenvalue weighted by Gasteiger charge is -2.02. The number of benzene rings is 4. The Bertz CT molecular complexity index is 1590. The first-order valence-electron chi connectivity index (χ1n) is 9.20. The molecule has 0 aliphatic heterocycles. The molecular formula is C24H13NO4. The quantitative estimate of drug-likeness (QED) is 0.238. The molecule has 5 nitrogen and oxygen atoms in total. The molecule has 6 aromatic rings. The Morgan fingerprint density at radius 2 is 1.17 bits per heavy atom. The van der Waals surface area contributed by atoms with Gasteiger partial charge in [0.15, 0.2) is 0 Å². The summed E-state index contributed by atoms with van der Waals surface area (Å²) in [4.78, 5) is 10.6. The maximum absolute atomic E-state index is 11.0. The third-order valence-electron chi connectivity index (χ3n) is 5.38. The minimum atomic E-state index is -0.414. The zero-order chi connectivity index (χ0) is 19.5. The molecule has 0 aliphatic rings. The predicted molar refractivity (Wildman–Crippen MR) is 113 cm³/mol. The number of fused-ring (bicyclic) bond motifs is 6. The Morgan fingerprint density at radius 1 is 0.586 bits per heavy atom. The number of hydrogen-bond donors (Lipinski definition) is 0. The Hall–Kier alpha value is -4.12. The number of non-ortho nitro benzene ring substituents is 1. The van der Waals surface area contributed by atoms with E-state index in [0.717, 1.165) is 43.8 Å². The largest absolute Gasteiger partial charge is 0.456 e. The number of rotatable bonds is 2. The summed E-state index contributed by atoms with van der Waals surface area (Å²) in [6.45, 7) is 0. The van der Waals surface area contributed by atoms with Crippen molar-refractivity contribution in [3.05, 3.63) is 89.0 Å². The number of furan rings is 2. The van der Waals surface area contributed by atoms with E-state index in [1.807, 2.05) is 42.5 Å². The van der Waals surface area contributed by atoms with Crippen molar-refractivity contribution in [2.24, 2.45) is 0 Å². The molecule has 5 heteroatoms. The fraction of sp³-hybridized carbons (Fsp3) is 0. The second-order valence-corrected chi connectivity index (χ2v) is 7.06. The average Bonchev–Trinajstić information content (AvgIpc) is 3.30. The normalized spacial score (nSPS) is 11.7. The van der Waals surface area contributed by atoms with Crippen LogP contribution in [0.25, 0.3) is 55.0 Å². The van der Waals surface area contributed by atoms with Crippen molar-refractivity contribution in [2.75, 3.05) is 0 Å². The number of nitro benzene ring substituents is 1. The fourth-order valence-corrected chi connectivity index (χ4v) is 3.96. The molecule has 0 bridgehead atoms. The van der Waals surface area contributed by atoms with E-state index < -0.39 is 4.92 Å². The van der Waals surface area contributed by atoms with Gasteiger partial charge in [0.05, 0.1) is 11.0 Å². The highest BCUT2D eigenvalue weighted by atomic mass is 16.6. The Labute approximate surface area is 163 Å². The van der Waals surface area contributed by atoms with Crippen LogP contribution in [0.5, 0.6) is 0 Å². The molecule has 0 spiro atoms. The molecule has 0 saturated carbocycles. The molecule has 0 aliphatic carbocycles. The topological polar surface area (TPSA) is 69.4 Å². The zero-order valence-corrected chi connectivity index (χ0v) is 15.1. The third kappa shape index (κ3) is 2.34. The molecule has 0 radical (unpaired) electrons. The van der Waals surface area contributed by atoms with E-state index in [1.165, 1.54) is 12.1 Å². The molecule has 6 rings (SSSR count). The number of hydrogen-bond acceptors (Lipinski definition) is 4. The van der Waals surface area contributed by atoms with E-state index in [2.05, 4.69) is 18.2 Å². The van der Waals surface area contributed by atoms with Crippen molar-refractivity contribution < 1.29 is 13.8 Å². The van der Waals surface area contributed by atoms with Gasteiger partial charge >= 0.3 is 0 Å². The van der Waals surface area contributed by atoms with Crippen molar-refractivity contribution in [3.63, 3.8) is 0 Å². The smallest absolute Gasteiger partial charge is 0.273 e. The van der Waals surface area contributed by atoms with Gasteiger partial charge in [0.25, 0.3) is 5.69 Å². The predicted octanol–water partition coefficient (Wildman–Crippen LogP) is 7.06. The molecule has 0 saturated heterocycles. The molecule has 2 aromatic heterocycles. The summed E-state index contributed by atoms with van der Waals surface area (Å²) in [5.74, 6) is 0. The molecule has 0 atom stereocenters. The maximum atomic E-state index is 11.0. The first kappa shape index (κ1) is 15.9. The van der Waals surface area contributed by atoms with E-state index >= 15 is 0 Å². The summed E-state index contributed by atoms with van der Waals surface area (Å²) in [6.07, 6.45) is 0. The molecule has 2 heterocycles. The van der Waals surface area contributed by atoms with Crippen LogP contribution < -0.4 is 0 Å². The SMILES string of the molecule is O=[N+]([O-])c1ccc2c(c1)oc1ccc(-c3ccc4oc5ccccc5c4c3)cc12. The maximum Gasteiger partial charge on any atom is 0.273 e. The summed E-state index contributed by atoms with van der Waals surface area (Å²) in [7, 11) is 0. The van der Waals surface area contributed by atoms with Crippen molar-refractivity contribution >= 4 is 49.6 Å². The lowest BCUT2D eigenvalue weighted by molar-refractivity contribution is -0.384. The van der Waals surface area contributed by atoms with E-state index in [9.17, 15) is 10.1 Å². The van der Waals surface area contributed by atoms with Gasteiger partial charge in [-0.1, -0.05) is 30.3 Å². The molecule has 0 fully saturated rings. The first-order valence-corrected chi connectivity index (χ1v) is 9.20. The molecule has 4 aromatic carbocycles. The van der Waals surface area contributed by atoms with Gasteiger partial charge in [-0.3, -0.25) is 10.1 Å². The average molecular weight is 379 g/mol. The molecule has 29 heavy (non-hydrogen) atoms. The van der Waals surface area contributed by atoms with Gasteiger partial charge in [-0.2, -0.15) is 0 Å². The second-order valence-electron chi connectivity index (χ2n) is 7.06. The minimum Gasteiger partial charge on any atom is -0.456 e. The van der Waals surface area contributed by atoms with E-state index in [-0.39, 0.29) is 5.69 Å². The van der Waals surface area contributed by atoms with Crippen LogP contribution in [0.1, 0.15) is 0 Å². The van der Waals surface area contributed by atoms with Gasteiger partial charge in [0, 0.05) is 27.6 Å². The van der Waals surface area contributed by atoms with Gasteiger partial charge in [0.1, 0.15) is 22.3 Å². The summed E-state index contributed by atoms with van der Waals surface area (Å²) in [5.41, 5.74) is 5.10. The lowest BCUT2D eigenvalue weighted by Crippen LogP contribution is -1.85. The van der Waals surface area contributed by atoms with E-state index in [0.29, 0.717) is 11.2 Å². The Morgan fingerprint density at radius 3 is 1.86 bits per heavy atom. The van der Waals surface area contributed by atoms with Crippen LogP contribution in [0.2, 0.25) is 0 Å². The summed E-state index contributed by atoms with van der Waals surface area (Å²) >= 11 is 0. The van der Waals surface area contributed by atoms with Crippen molar-refractivity contribution in [1.82, 2.24) is 0 Å². The lowest BCUT2D eigenvalue weighted by atomic mass is 10.0. The number of nitro groups is 1. The highest BCUT2D eigenvalue weighted by Crippen LogP contribution is 2.36. The standard InChI is InChI=1S/C24H13NO4/c26-25(27)16-7-8-18-20-12-15(6-10-23(20)29-24(18)13-16)14-5-9-22-19(11-14)17-3-1-2-4-21(17)28-22/h1-13H. The first-order chi connectivity index (χ1) is 14.2. The van der Waals surface area contributed by atoms with Crippen LogP contribution in [0.4, 0.5) is 5.69 Å². The van der Waals surface area contributed by atoms with Crippen LogP contribution in [0.15, 0.2) is 87.7 Å². The molecular weight excluding hydrogens is 366 g/mol. The van der Waals surface area contributed by atoms with Gasteiger partial charge in [-0.05, 0) is 47.5 Å². The number of nitrogens with zero attached hydrogens (tertiary/aromatic N) is 1. The van der Waals surface area contributed by atoms with Crippen molar-refractivity contribution in [3.8, 4) is 11.1 Å². The monoisotopic (exact) mass is 379 g/mol. The van der Waals surface area contributed by atoms with Gasteiger partial charge in [0.2, 0.25) is 0 Å². The van der Waals surface area contributed by atoms with Crippen molar-refractivity contribution in [2.45, 2.75) is 0 Å². The van der Waals surface area contributed by atoms with Crippen LogP contribution in [-0.4, -0.2) is 4.92 Å². The highest BCUT2D eigenvalue weighted by molar-refractivity contribution is 6.08. The summed E-state index contributed by atoms with van der Waals surface area (Å²) in [6, 6.07) is 24.9. The molecule has 0 N–H and O–H groups in total. The third-order valence-corrected chi connectivity index (χ3v) is 5.38. The molecule has 0 unspecified atom stereocenters. The molecule has 138 valence electrons. The zero-order valence-electron chi connectivity index (χ0n) is 15.1. The minimum absolute atomic E-state index is 0.0223. The van der Waals surface area contributed by atoms with Crippen LogP contribution in [0.3, 0.4) is 0 Å². The van der Waals surface area contributed by atoms with Crippen LogP contribution >= 0.6 is 0 Å². The fourth-order valence-electron chi connectivity index (χ4n) is 3.96. The van der Waals surface area contributed by atoms with Gasteiger partial charge in [-0.25, -0.2) is 0 Å². The summed E-state index contributed by atoms with van der Waals surface area (Å²) < 4.78 is 11.7. The number of para-hydroxylation sites is 1. The highest BCUT2D eigenvalue weighted by Gasteiger charge is 2.14. The molecule has 0 amide bonds. The van der Waals surface area contributed by atoms with Crippen molar-refractivity contribution in [1.29, 1.82) is 0 Å². The second kappa shape index (κ2) is 5.69. The Kier molecular flexibility index (Phi) is 3.12. The van der Waals surface area contributed by atoms with Gasteiger partial charge in [-0.15, -0.1) is 0 Å². The van der Waals surface area contributed by atoms with Crippen LogP contribution in [0, 0.1) is 10.1 Å².